The molecular formula is C21H23ClN4O2S. The van der Waals surface area contributed by atoms with Crippen molar-refractivity contribution >= 4 is 45.7 Å². The van der Waals surface area contributed by atoms with Gasteiger partial charge in [-0.1, -0.05) is 43.6 Å². The molecule has 3 aromatic rings. The minimum atomic E-state index is -0.183. The Morgan fingerprint density at radius 2 is 2.00 bits per heavy atom. The average Bonchev–Trinajstić information content (AvgIpc) is 3.31. The molecule has 1 aliphatic rings. The molecule has 29 heavy (non-hydrogen) atoms. The molecule has 1 aromatic carbocycles. The number of aromatic amines is 1. The lowest BCUT2D eigenvalue weighted by Gasteiger charge is -2.32. The van der Waals surface area contributed by atoms with E-state index in [0.29, 0.717) is 41.8 Å². The number of likely N-dealkylation sites (tertiary alicyclic amines) is 1. The predicted octanol–water partition coefficient (Wildman–Crippen LogP) is 4.44. The number of halogens is 1. The van der Waals surface area contributed by atoms with Crippen molar-refractivity contribution in [3.8, 4) is 0 Å². The second-order valence-electron chi connectivity index (χ2n) is 7.64. The maximum absolute atomic E-state index is 12.8. The lowest BCUT2D eigenvalue weighted by Crippen LogP contribution is -2.46. The number of H-pyrrole nitrogens is 1. The zero-order valence-electron chi connectivity index (χ0n) is 16.4. The van der Waals surface area contributed by atoms with E-state index < -0.39 is 0 Å². The number of nitrogens with one attached hydrogen (secondary N) is 2. The van der Waals surface area contributed by atoms with Crippen LogP contribution in [0.15, 0.2) is 30.3 Å². The van der Waals surface area contributed by atoms with Gasteiger partial charge in [0.2, 0.25) is 0 Å². The number of carbonyl (C=O) groups is 2. The topological polar surface area (TPSA) is 78.1 Å². The Hall–Kier alpha value is -2.38. The molecule has 0 spiro atoms. The van der Waals surface area contributed by atoms with Gasteiger partial charge in [0.1, 0.15) is 11.4 Å². The largest absolute Gasteiger partial charge is 0.351 e. The fourth-order valence-electron chi connectivity index (χ4n) is 3.70. The smallest absolute Gasteiger partial charge is 0.271 e. The van der Waals surface area contributed by atoms with Crippen LogP contribution in [0.4, 0.5) is 0 Å². The van der Waals surface area contributed by atoms with Crippen molar-refractivity contribution in [3.05, 3.63) is 51.1 Å². The standard InChI is InChI=1S/C21H23ClN4O2S/c1-12(2)18-17(25-21(22)29-18)19(27)23-14-7-9-26(10-8-14)20(28)16-11-13-5-3-4-6-15(13)24-16/h3-6,11-12,14,24H,7-10H2,1-2H3,(H,23,27). The van der Waals surface area contributed by atoms with Gasteiger partial charge in [0.15, 0.2) is 4.47 Å². The number of hydrogen-bond donors (Lipinski definition) is 2. The number of aromatic nitrogens is 2. The Morgan fingerprint density at radius 3 is 2.69 bits per heavy atom. The summed E-state index contributed by atoms with van der Waals surface area (Å²) >= 11 is 7.37. The first kappa shape index (κ1) is 19.9. The molecular weight excluding hydrogens is 408 g/mol. The molecule has 3 heterocycles. The van der Waals surface area contributed by atoms with Gasteiger partial charge in [0.25, 0.3) is 11.8 Å². The monoisotopic (exact) mass is 430 g/mol. The molecule has 8 heteroatoms. The number of carbonyl (C=O) groups excluding carboxylic acids is 2. The van der Waals surface area contributed by atoms with E-state index in [1.54, 1.807) is 0 Å². The van der Waals surface area contributed by atoms with Crippen molar-refractivity contribution in [1.82, 2.24) is 20.2 Å². The normalized spacial score (nSPS) is 15.2. The van der Waals surface area contributed by atoms with Gasteiger partial charge in [-0.2, -0.15) is 0 Å². The molecule has 1 saturated heterocycles. The van der Waals surface area contributed by atoms with Crippen molar-refractivity contribution in [2.24, 2.45) is 0 Å². The number of hydrogen-bond acceptors (Lipinski definition) is 4. The summed E-state index contributed by atoms with van der Waals surface area (Å²) in [6.45, 7) is 5.26. The van der Waals surface area contributed by atoms with Crippen LogP contribution < -0.4 is 5.32 Å². The van der Waals surface area contributed by atoms with Gasteiger partial charge < -0.3 is 15.2 Å². The molecule has 2 aromatic heterocycles. The Morgan fingerprint density at radius 1 is 1.28 bits per heavy atom. The second kappa shape index (κ2) is 8.16. The first-order valence-electron chi connectivity index (χ1n) is 9.76. The van der Waals surface area contributed by atoms with Crippen LogP contribution in [0.1, 0.15) is 58.5 Å². The number of thiazole rings is 1. The van der Waals surface area contributed by atoms with E-state index in [2.05, 4.69) is 15.3 Å². The fraction of sp³-hybridized carbons (Fsp3) is 0.381. The number of piperidine rings is 1. The van der Waals surface area contributed by atoms with E-state index in [9.17, 15) is 9.59 Å². The number of fused-ring (bicyclic) bond motifs is 1. The van der Waals surface area contributed by atoms with E-state index in [1.807, 2.05) is 49.1 Å². The molecule has 0 radical (unpaired) electrons. The van der Waals surface area contributed by atoms with Crippen LogP contribution in [0.25, 0.3) is 10.9 Å². The molecule has 152 valence electrons. The average molecular weight is 431 g/mol. The summed E-state index contributed by atoms with van der Waals surface area (Å²) in [5.74, 6) is 0.00752. The van der Waals surface area contributed by atoms with Crippen molar-refractivity contribution in [3.63, 3.8) is 0 Å². The molecule has 0 bridgehead atoms. The van der Waals surface area contributed by atoms with Crippen LogP contribution >= 0.6 is 22.9 Å². The summed E-state index contributed by atoms with van der Waals surface area (Å²) in [7, 11) is 0. The zero-order chi connectivity index (χ0) is 20.5. The van der Waals surface area contributed by atoms with Crippen molar-refractivity contribution in [2.75, 3.05) is 13.1 Å². The zero-order valence-corrected chi connectivity index (χ0v) is 17.9. The summed E-state index contributed by atoms with van der Waals surface area (Å²) in [6, 6.07) is 9.77. The van der Waals surface area contributed by atoms with Gasteiger partial charge in [-0.25, -0.2) is 4.98 Å². The Balaban J connectivity index is 1.37. The molecule has 0 unspecified atom stereocenters. The van der Waals surface area contributed by atoms with Crippen LogP contribution in [0.3, 0.4) is 0 Å². The number of amides is 2. The van der Waals surface area contributed by atoms with Gasteiger partial charge in [-0.3, -0.25) is 9.59 Å². The lowest BCUT2D eigenvalue weighted by atomic mass is 10.0. The highest BCUT2D eigenvalue weighted by molar-refractivity contribution is 7.16. The van der Waals surface area contributed by atoms with E-state index in [1.165, 1.54) is 11.3 Å². The minimum Gasteiger partial charge on any atom is -0.351 e. The molecule has 1 aliphatic heterocycles. The van der Waals surface area contributed by atoms with Gasteiger partial charge in [0, 0.05) is 34.9 Å². The first-order chi connectivity index (χ1) is 13.9. The number of para-hydroxylation sites is 1. The Bertz CT molecular complexity index is 1020. The van der Waals surface area contributed by atoms with Gasteiger partial charge in [-0.15, -0.1) is 11.3 Å². The number of rotatable bonds is 4. The molecule has 0 atom stereocenters. The summed E-state index contributed by atoms with van der Waals surface area (Å²) in [6.07, 6.45) is 1.43. The molecule has 1 fully saturated rings. The summed E-state index contributed by atoms with van der Waals surface area (Å²) in [5, 5.41) is 4.09. The maximum atomic E-state index is 12.8. The van der Waals surface area contributed by atoms with Crippen LogP contribution in [-0.4, -0.2) is 45.8 Å². The van der Waals surface area contributed by atoms with Crippen molar-refractivity contribution < 1.29 is 9.59 Å². The highest BCUT2D eigenvalue weighted by Gasteiger charge is 2.27. The molecule has 4 rings (SSSR count). The second-order valence-corrected chi connectivity index (χ2v) is 9.26. The van der Waals surface area contributed by atoms with Gasteiger partial charge >= 0.3 is 0 Å². The highest BCUT2D eigenvalue weighted by Crippen LogP contribution is 2.29. The van der Waals surface area contributed by atoms with E-state index in [0.717, 1.165) is 15.8 Å². The summed E-state index contributed by atoms with van der Waals surface area (Å²) in [4.78, 5) is 35.6. The SMILES string of the molecule is CC(C)c1sc(Cl)nc1C(=O)NC1CCN(C(=O)c2cc3ccccc3[nH]2)CC1. The van der Waals surface area contributed by atoms with Gasteiger partial charge in [-0.05, 0) is 30.9 Å². The number of benzene rings is 1. The Kier molecular flexibility index (Phi) is 5.61. The third-order valence-corrected chi connectivity index (χ3v) is 6.70. The van der Waals surface area contributed by atoms with Crippen LogP contribution in [-0.2, 0) is 0 Å². The lowest BCUT2D eigenvalue weighted by molar-refractivity contribution is 0.0693. The van der Waals surface area contributed by atoms with Crippen LogP contribution in [0.2, 0.25) is 4.47 Å². The van der Waals surface area contributed by atoms with Crippen molar-refractivity contribution in [2.45, 2.75) is 38.6 Å². The number of nitrogens with zero attached hydrogens (tertiary/aromatic N) is 2. The summed E-state index contributed by atoms with van der Waals surface area (Å²) < 4.78 is 0.387. The van der Waals surface area contributed by atoms with Crippen LogP contribution in [0, 0.1) is 0 Å². The molecule has 0 aliphatic carbocycles. The quantitative estimate of drug-likeness (QED) is 0.642. The molecule has 2 amide bonds. The Labute approximate surface area is 178 Å². The van der Waals surface area contributed by atoms with Crippen molar-refractivity contribution in [1.29, 1.82) is 0 Å². The molecule has 0 saturated carbocycles. The van der Waals surface area contributed by atoms with E-state index >= 15 is 0 Å². The fourth-order valence-corrected chi connectivity index (χ4v) is 4.82. The van der Waals surface area contributed by atoms with E-state index in [-0.39, 0.29) is 23.8 Å². The molecule has 2 N–H and O–H groups in total. The highest BCUT2D eigenvalue weighted by atomic mass is 35.5. The van der Waals surface area contributed by atoms with E-state index in [4.69, 9.17) is 11.6 Å². The van der Waals surface area contributed by atoms with Gasteiger partial charge in [0.05, 0.1) is 0 Å². The maximum Gasteiger partial charge on any atom is 0.271 e. The third-order valence-electron chi connectivity index (χ3n) is 5.24. The summed E-state index contributed by atoms with van der Waals surface area (Å²) in [5.41, 5.74) is 1.99. The third kappa shape index (κ3) is 4.16. The first-order valence-corrected chi connectivity index (χ1v) is 11.0. The predicted molar refractivity (Wildman–Crippen MR) is 116 cm³/mol. The van der Waals surface area contributed by atoms with Crippen LogP contribution in [0.5, 0.6) is 0 Å². The minimum absolute atomic E-state index is 0.000598. The molecule has 6 nitrogen and oxygen atoms in total.